The summed E-state index contributed by atoms with van der Waals surface area (Å²) >= 11 is 0. The van der Waals surface area contributed by atoms with E-state index in [1.807, 2.05) is 31.2 Å². The normalized spacial score (nSPS) is 19.7. The van der Waals surface area contributed by atoms with E-state index in [0.29, 0.717) is 62.7 Å². The number of likely N-dealkylation sites (tertiary alicyclic amines) is 1. The third kappa shape index (κ3) is 5.59. The summed E-state index contributed by atoms with van der Waals surface area (Å²) in [5.41, 5.74) is 1.63. The number of urea groups is 1. The monoisotopic (exact) mass is 445 g/mol. The van der Waals surface area contributed by atoms with Gasteiger partial charge in [0, 0.05) is 12.2 Å². The molecule has 2 aliphatic rings. The number of piperidine rings is 1. The fourth-order valence-corrected chi connectivity index (χ4v) is 4.08. The van der Waals surface area contributed by atoms with Crippen molar-refractivity contribution in [2.45, 2.75) is 32.7 Å². The minimum absolute atomic E-state index is 0.112. The van der Waals surface area contributed by atoms with Gasteiger partial charge in [-0.05, 0) is 57.5 Å². The third-order valence-electron chi connectivity index (χ3n) is 5.67. The van der Waals surface area contributed by atoms with E-state index in [-0.39, 0.29) is 17.9 Å². The molecule has 0 unspecified atom stereocenters. The molecule has 1 saturated heterocycles. The van der Waals surface area contributed by atoms with Crippen molar-refractivity contribution in [1.82, 2.24) is 15.5 Å². The topological polar surface area (TPSA) is 106 Å². The number of nitrogens with zero attached hydrogens (tertiary/aromatic N) is 1. The lowest BCUT2D eigenvalue weighted by atomic mass is 9.93. The summed E-state index contributed by atoms with van der Waals surface area (Å²) in [5, 5.41) is 5.61. The summed E-state index contributed by atoms with van der Waals surface area (Å²) in [4.78, 5) is 39.3. The van der Waals surface area contributed by atoms with Crippen LogP contribution in [0.2, 0.25) is 0 Å². The minimum atomic E-state index is -0.640. The zero-order valence-corrected chi connectivity index (χ0v) is 18.8. The highest BCUT2D eigenvalue weighted by Crippen LogP contribution is 2.30. The molecule has 2 N–H and O–H groups in total. The molecule has 0 spiro atoms. The fourth-order valence-electron chi connectivity index (χ4n) is 4.08. The van der Waals surface area contributed by atoms with Crippen LogP contribution >= 0.6 is 0 Å². The van der Waals surface area contributed by atoms with E-state index < -0.39 is 12.0 Å². The van der Waals surface area contributed by atoms with Crippen LogP contribution in [0.15, 0.2) is 35.5 Å². The maximum atomic E-state index is 12.7. The molecule has 2 heterocycles. The molecule has 0 radical (unpaired) electrons. The maximum Gasteiger partial charge on any atom is 0.338 e. The second kappa shape index (κ2) is 11.0. The number of carbonyl (C=O) groups is 3. The standard InChI is InChI=1S/C23H31N3O6/c1-4-31-17-8-6-15(7-9-17)20-19(22(28)30-3)18(24-23(29)25-20)14-26-12-10-16(11-13-26)21(27)32-5-2/h6-9,16,20H,4-5,10-14H2,1-3H3,(H2,24,25,29)/t20-/m1/s1. The predicted molar refractivity (Wildman–Crippen MR) is 117 cm³/mol. The summed E-state index contributed by atoms with van der Waals surface area (Å²) < 4.78 is 15.7. The smallest absolute Gasteiger partial charge is 0.338 e. The first-order valence-corrected chi connectivity index (χ1v) is 11.0. The molecular formula is C23H31N3O6. The van der Waals surface area contributed by atoms with Gasteiger partial charge in [-0.2, -0.15) is 0 Å². The van der Waals surface area contributed by atoms with Crippen molar-refractivity contribution in [2.24, 2.45) is 5.92 Å². The number of hydrogen-bond acceptors (Lipinski definition) is 7. The number of rotatable bonds is 8. The summed E-state index contributed by atoms with van der Waals surface area (Å²) in [6.07, 6.45) is 1.35. The molecule has 0 aromatic heterocycles. The largest absolute Gasteiger partial charge is 0.494 e. The summed E-state index contributed by atoms with van der Waals surface area (Å²) in [6.45, 7) is 6.33. The Kier molecular flexibility index (Phi) is 8.10. The van der Waals surface area contributed by atoms with Crippen LogP contribution < -0.4 is 15.4 Å². The molecule has 0 saturated carbocycles. The molecule has 174 valence electrons. The van der Waals surface area contributed by atoms with Crippen molar-refractivity contribution in [1.29, 1.82) is 0 Å². The summed E-state index contributed by atoms with van der Waals surface area (Å²) in [7, 11) is 1.32. The van der Waals surface area contributed by atoms with Crippen molar-refractivity contribution in [3.05, 3.63) is 41.1 Å². The van der Waals surface area contributed by atoms with E-state index in [1.54, 1.807) is 6.92 Å². The number of esters is 2. The Hall–Kier alpha value is -3.07. The van der Waals surface area contributed by atoms with E-state index in [1.165, 1.54) is 7.11 Å². The van der Waals surface area contributed by atoms with Crippen molar-refractivity contribution >= 4 is 18.0 Å². The highest BCUT2D eigenvalue weighted by molar-refractivity contribution is 5.95. The maximum absolute atomic E-state index is 12.7. The zero-order chi connectivity index (χ0) is 23.1. The third-order valence-corrected chi connectivity index (χ3v) is 5.67. The first kappa shape index (κ1) is 23.6. The van der Waals surface area contributed by atoms with E-state index >= 15 is 0 Å². The molecule has 1 fully saturated rings. The van der Waals surface area contributed by atoms with E-state index in [9.17, 15) is 14.4 Å². The number of carbonyl (C=O) groups excluding carboxylic acids is 3. The molecule has 2 aliphatic heterocycles. The molecule has 9 nitrogen and oxygen atoms in total. The molecule has 1 atom stereocenters. The predicted octanol–water partition coefficient (Wildman–Crippen LogP) is 2.14. The van der Waals surface area contributed by atoms with Gasteiger partial charge in [0.2, 0.25) is 0 Å². The van der Waals surface area contributed by atoms with Gasteiger partial charge in [-0.3, -0.25) is 9.69 Å². The van der Waals surface area contributed by atoms with Gasteiger partial charge in [-0.1, -0.05) is 12.1 Å². The van der Waals surface area contributed by atoms with Gasteiger partial charge in [-0.15, -0.1) is 0 Å². The average molecular weight is 446 g/mol. The Balaban J connectivity index is 1.80. The lowest BCUT2D eigenvalue weighted by Gasteiger charge is -2.34. The van der Waals surface area contributed by atoms with Crippen LogP contribution in [0.25, 0.3) is 0 Å². The second-order valence-corrected chi connectivity index (χ2v) is 7.72. The Labute approximate surface area is 188 Å². The van der Waals surface area contributed by atoms with Gasteiger partial charge in [-0.25, -0.2) is 9.59 Å². The molecule has 0 bridgehead atoms. The zero-order valence-electron chi connectivity index (χ0n) is 18.8. The van der Waals surface area contributed by atoms with Gasteiger partial charge < -0.3 is 24.8 Å². The van der Waals surface area contributed by atoms with Crippen LogP contribution in [0.5, 0.6) is 5.75 Å². The van der Waals surface area contributed by atoms with E-state index in [2.05, 4.69) is 15.5 Å². The lowest BCUT2D eigenvalue weighted by molar-refractivity contribution is -0.149. The Morgan fingerprint density at radius 2 is 1.78 bits per heavy atom. The van der Waals surface area contributed by atoms with E-state index in [4.69, 9.17) is 14.2 Å². The second-order valence-electron chi connectivity index (χ2n) is 7.72. The number of nitrogens with one attached hydrogen (secondary N) is 2. The molecule has 0 aliphatic carbocycles. The SMILES string of the molecule is CCOC(=O)C1CCN(CC2=C(C(=O)OC)[C@@H](c3ccc(OCC)cc3)NC(=O)N2)CC1. The van der Waals surface area contributed by atoms with Crippen molar-refractivity contribution in [3.8, 4) is 5.75 Å². The first-order valence-electron chi connectivity index (χ1n) is 11.0. The average Bonchev–Trinajstić information content (AvgIpc) is 2.79. The van der Waals surface area contributed by atoms with Gasteiger partial charge >= 0.3 is 18.0 Å². The molecule has 1 aromatic carbocycles. The van der Waals surface area contributed by atoms with Crippen LogP contribution in [0.4, 0.5) is 4.79 Å². The number of amides is 2. The molecular weight excluding hydrogens is 414 g/mol. The van der Waals surface area contributed by atoms with Gasteiger partial charge in [0.15, 0.2) is 0 Å². The van der Waals surface area contributed by atoms with Crippen LogP contribution in [0.1, 0.15) is 38.3 Å². The van der Waals surface area contributed by atoms with Crippen LogP contribution in [-0.4, -0.2) is 62.8 Å². The molecule has 3 rings (SSSR count). The number of ether oxygens (including phenoxy) is 3. The van der Waals surface area contributed by atoms with E-state index in [0.717, 1.165) is 5.56 Å². The molecule has 1 aromatic rings. The molecule has 32 heavy (non-hydrogen) atoms. The number of methoxy groups -OCH3 is 1. The number of hydrogen-bond donors (Lipinski definition) is 2. The lowest BCUT2D eigenvalue weighted by Crippen LogP contribution is -2.49. The van der Waals surface area contributed by atoms with Crippen molar-refractivity contribution in [2.75, 3.05) is 40.0 Å². The van der Waals surface area contributed by atoms with Crippen molar-refractivity contribution < 1.29 is 28.6 Å². The number of benzene rings is 1. The van der Waals surface area contributed by atoms with Gasteiger partial charge in [0.05, 0.1) is 37.9 Å². The highest BCUT2D eigenvalue weighted by atomic mass is 16.5. The van der Waals surface area contributed by atoms with Gasteiger partial charge in [0.25, 0.3) is 0 Å². The molecule has 9 heteroatoms. The quantitative estimate of drug-likeness (QED) is 0.591. The summed E-state index contributed by atoms with van der Waals surface area (Å²) in [5.74, 6) is -0.0654. The Bertz CT molecular complexity index is 859. The Morgan fingerprint density at radius 3 is 2.38 bits per heavy atom. The highest BCUT2D eigenvalue weighted by Gasteiger charge is 2.35. The summed E-state index contributed by atoms with van der Waals surface area (Å²) in [6, 6.07) is 6.25. The van der Waals surface area contributed by atoms with Crippen molar-refractivity contribution in [3.63, 3.8) is 0 Å². The molecule has 2 amide bonds. The van der Waals surface area contributed by atoms with Crippen LogP contribution in [0, 0.1) is 5.92 Å². The minimum Gasteiger partial charge on any atom is -0.494 e. The Morgan fingerprint density at radius 1 is 1.09 bits per heavy atom. The fraction of sp³-hybridized carbons (Fsp3) is 0.522. The first-order chi connectivity index (χ1) is 15.5. The van der Waals surface area contributed by atoms with Crippen LogP contribution in [-0.2, 0) is 19.1 Å². The van der Waals surface area contributed by atoms with Gasteiger partial charge in [0.1, 0.15) is 5.75 Å². The van der Waals surface area contributed by atoms with Crippen LogP contribution in [0.3, 0.4) is 0 Å².